The van der Waals surface area contributed by atoms with Crippen LogP contribution in [0.15, 0.2) is 23.3 Å². The van der Waals surface area contributed by atoms with Gasteiger partial charge in [-0.05, 0) is 41.6 Å². The second-order valence-corrected chi connectivity index (χ2v) is 6.13. The van der Waals surface area contributed by atoms with Crippen molar-refractivity contribution in [2.24, 2.45) is 0 Å². The third-order valence-corrected chi connectivity index (χ3v) is 4.65. The Hall–Kier alpha value is -1.63. The summed E-state index contributed by atoms with van der Waals surface area (Å²) >= 11 is 3.27. The number of nitrogens with two attached hydrogens (primary N) is 1. The molecule has 0 spiro atoms. The molecule has 0 bridgehead atoms. The van der Waals surface area contributed by atoms with E-state index in [1.165, 1.54) is 19.3 Å². The molecule has 2 aromatic heterocycles. The van der Waals surface area contributed by atoms with Crippen LogP contribution < -0.4 is 5.73 Å². The van der Waals surface area contributed by atoms with Crippen LogP contribution in [0, 0.1) is 0 Å². The van der Waals surface area contributed by atoms with Gasteiger partial charge in [0.15, 0.2) is 5.82 Å². The molecule has 2 fully saturated rings. The van der Waals surface area contributed by atoms with E-state index in [1.807, 2.05) is 4.40 Å². The molecule has 2 aliphatic rings. The van der Waals surface area contributed by atoms with Gasteiger partial charge in [0.2, 0.25) is 5.91 Å². The largest absolute Gasteiger partial charge is 0.382 e. The molecule has 1 atom stereocenters. The van der Waals surface area contributed by atoms with Gasteiger partial charge in [0, 0.05) is 31.4 Å². The van der Waals surface area contributed by atoms with Crippen LogP contribution in [0.25, 0.3) is 5.52 Å². The summed E-state index contributed by atoms with van der Waals surface area (Å²) in [7, 11) is 0. The molecule has 1 amide bonds. The standard InChI is InChI=1S/C8H13NO.C6H5BrN4/c10-8-5-4-7-3-1-2-6-9(7)8;7-5-4-6(8)9-1-2-11(4)3-10-5/h7H,1-6H2;1-3H,(H2,8,9)/t7-;/m1./s1. The monoisotopic (exact) mass is 351 g/mol. The molecule has 0 aliphatic carbocycles. The number of piperidine rings is 1. The van der Waals surface area contributed by atoms with Gasteiger partial charge in [-0.15, -0.1) is 0 Å². The van der Waals surface area contributed by atoms with Crippen molar-refractivity contribution in [1.82, 2.24) is 19.3 Å². The number of aromatic nitrogens is 3. The lowest BCUT2D eigenvalue weighted by molar-refractivity contribution is -0.129. The molecule has 0 aromatic carbocycles. The number of fused-ring (bicyclic) bond motifs is 2. The highest BCUT2D eigenvalue weighted by Gasteiger charge is 2.31. The van der Waals surface area contributed by atoms with E-state index in [-0.39, 0.29) is 0 Å². The maximum absolute atomic E-state index is 11.1. The smallest absolute Gasteiger partial charge is 0.222 e. The molecule has 2 saturated heterocycles. The Kier molecular flexibility index (Phi) is 4.10. The Balaban J connectivity index is 0.000000126. The molecule has 6 nitrogen and oxygen atoms in total. The molecule has 21 heavy (non-hydrogen) atoms. The van der Waals surface area contributed by atoms with Crippen molar-refractivity contribution in [3.8, 4) is 0 Å². The molecular formula is C14H18BrN5O. The highest BCUT2D eigenvalue weighted by atomic mass is 79.9. The summed E-state index contributed by atoms with van der Waals surface area (Å²) < 4.78 is 2.54. The fraction of sp³-hybridized carbons (Fsp3) is 0.500. The van der Waals surface area contributed by atoms with E-state index in [0.717, 1.165) is 29.5 Å². The SMILES string of the molecule is Nc1nccn2cnc(Br)c12.O=C1CC[C@H]2CCCCN12. The fourth-order valence-corrected chi connectivity index (χ4v) is 3.50. The van der Waals surface area contributed by atoms with Crippen LogP contribution in [0.3, 0.4) is 0 Å². The number of rotatable bonds is 0. The number of nitrogen functional groups attached to an aromatic ring is 1. The van der Waals surface area contributed by atoms with Gasteiger partial charge in [-0.3, -0.25) is 4.79 Å². The first-order valence-electron chi connectivity index (χ1n) is 7.19. The van der Waals surface area contributed by atoms with Crippen molar-refractivity contribution in [2.45, 2.75) is 38.1 Å². The van der Waals surface area contributed by atoms with E-state index >= 15 is 0 Å². The number of hydrogen-bond donors (Lipinski definition) is 1. The quantitative estimate of drug-likeness (QED) is 0.789. The number of hydrogen-bond acceptors (Lipinski definition) is 4. The number of anilines is 1. The predicted octanol–water partition coefficient (Wildman–Crippen LogP) is 2.24. The summed E-state index contributed by atoms with van der Waals surface area (Å²) in [6.07, 6.45) is 10.9. The van der Waals surface area contributed by atoms with Gasteiger partial charge in [0.25, 0.3) is 0 Å². The Morgan fingerprint density at radius 2 is 2.14 bits per heavy atom. The van der Waals surface area contributed by atoms with Crippen LogP contribution in [-0.4, -0.2) is 37.8 Å². The third kappa shape index (κ3) is 2.88. The lowest BCUT2D eigenvalue weighted by Crippen LogP contribution is -2.36. The number of halogens is 1. The number of amides is 1. The average Bonchev–Trinajstić information content (AvgIpc) is 3.06. The van der Waals surface area contributed by atoms with Gasteiger partial charge < -0.3 is 15.0 Å². The molecule has 2 aliphatic heterocycles. The molecule has 2 aromatic rings. The van der Waals surface area contributed by atoms with Crippen molar-refractivity contribution in [3.63, 3.8) is 0 Å². The van der Waals surface area contributed by atoms with Crippen LogP contribution in [0.4, 0.5) is 5.82 Å². The van der Waals surface area contributed by atoms with Crippen LogP contribution >= 0.6 is 15.9 Å². The van der Waals surface area contributed by atoms with E-state index in [0.29, 0.717) is 17.8 Å². The summed E-state index contributed by atoms with van der Waals surface area (Å²) in [5, 5.41) is 0. The number of carbonyl (C=O) groups excluding carboxylic acids is 1. The second kappa shape index (κ2) is 6.01. The van der Waals surface area contributed by atoms with E-state index in [1.54, 1.807) is 18.7 Å². The van der Waals surface area contributed by atoms with Crippen molar-refractivity contribution in [3.05, 3.63) is 23.3 Å². The van der Waals surface area contributed by atoms with Crippen LogP contribution in [0.2, 0.25) is 0 Å². The van der Waals surface area contributed by atoms with Crippen molar-refractivity contribution < 1.29 is 4.79 Å². The summed E-state index contributed by atoms with van der Waals surface area (Å²) in [5.41, 5.74) is 6.41. The lowest BCUT2D eigenvalue weighted by Gasteiger charge is -2.29. The topological polar surface area (TPSA) is 76.5 Å². The Bertz CT molecular complexity index is 656. The molecule has 0 saturated carbocycles. The molecule has 2 N–H and O–H groups in total. The minimum atomic E-state index is 0.393. The number of nitrogens with zero attached hydrogens (tertiary/aromatic N) is 4. The van der Waals surface area contributed by atoms with Gasteiger partial charge in [0.05, 0.1) is 0 Å². The van der Waals surface area contributed by atoms with Gasteiger partial charge in [-0.1, -0.05) is 0 Å². The zero-order valence-corrected chi connectivity index (χ0v) is 13.3. The minimum absolute atomic E-state index is 0.393. The van der Waals surface area contributed by atoms with Gasteiger partial charge in [-0.2, -0.15) is 0 Å². The first kappa shape index (κ1) is 14.3. The van der Waals surface area contributed by atoms with Gasteiger partial charge >= 0.3 is 0 Å². The van der Waals surface area contributed by atoms with E-state index in [2.05, 4.69) is 30.8 Å². The maximum Gasteiger partial charge on any atom is 0.222 e. The zero-order valence-electron chi connectivity index (χ0n) is 11.7. The summed E-state index contributed by atoms with van der Waals surface area (Å²) in [6.45, 7) is 1.03. The normalized spacial score (nSPS) is 21.1. The van der Waals surface area contributed by atoms with Crippen LogP contribution in [-0.2, 0) is 4.79 Å². The summed E-state index contributed by atoms with van der Waals surface area (Å²) in [5.74, 6) is 0.876. The first-order chi connectivity index (χ1) is 10.2. The van der Waals surface area contributed by atoms with Gasteiger partial charge in [-0.25, -0.2) is 9.97 Å². The average molecular weight is 352 g/mol. The predicted molar refractivity (Wildman–Crippen MR) is 83.7 cm³/mol. The van der Waals surface area contributed by atoms with E-state index in [9.17, 15) is 4.79 Å². The van der Waals surface area contributed by atoms with E-state index < -0.39 is 0 Å². The molecular weight excluding hydrogens is 334 g/mol. The van der Waals surface area contributed by atoms with Crippen molar-refractivity contribution in [2.75, 3.05) is 12.3 Å². The molecule has 0 radical (unpaired) electrons. The Morgan fingerprint density at radius 3 is 2.90 bits per heavy atom. The molecule has 4 rings (SSSR count). The minimum Gasteiger partial charge on any atom is -0.382 e. The molecule has 112 valence electrons. The Morgan fingerprint density at radius 1 is 1.29 bits per heavy atom. The van der Waals surface area contributed by atoms with Crippen molar-refractivity contribution >= 4 is 33.2 Å². The third-order valence-electron chi connectivity index (χ3n) is 4.07. The molecule has 4 heterocycles. The van der Waals surface area contributed by atoms with E-state index in [4.69, 9.17) is 5.73 Å². The maximum atomic E-state index is 11.1. The molecule has 7 heteroatoms. The lowest BCUT2D eigenvalue weighted by atomic mass is 10.0. The highest BCUT2D eigenvalue weighted by molar-refractivity contribution is 9.10. The second-order valence-electron chi connectivity index (χ2n) is 5.38. The zero-order chi connectivity index (χ0) is 14.8. The fourth-order valence-electron chi connectivity index (χ4n) is 3.00. The van der Waals surface area contributed by atoms with Crippen LogP contribution in [0.1, 0.15) is 32.1 Å². The number of imidazole rings is 1. The molecule has 0 unspecified atom stereocenters. The first-order valence-corrected chi connectivity index (χ1v) is 7.98. The van der Waals surface area contributed by atoms with Crippen molar-refractivity contribution in [1.29, 1.82) is 0 Å². The number of carbonyl (C=O) groups is 1. The van der Waals surface area contributed by atoms with Crippen LogP contribution in [0.5, 0.6) is 0 Å². The highest BCUT2D eigenvalue weighted by Crippen LogP contribution is 2.27. The summed E-state index contributed by atoms with van der Waals surface area (Å²) in [6, 6.07) is 0.626. The van der Waals surface area contributed by atoms with Gasteiger partial charge in [0.1, 0.15) is 16.4 Å². The summed E-state index contributed by atoms with van der Waals surface area (Å²) in [4.78, 5) is 21.2. The Labute approximate surface area is 131 Å².